The van der Waals surface area contributed by atoms with E-state index < -0.39 is 39.9 Å². The van der Waals surface area contributed by atoms with Crippen molar-refractivity contribution in [2.45, 2.75) is 31.3 Å². The molecule has 1 aliphatic rings. The normalized spacial score (nSPS) is 26.0. The first-order valence-electron chi connectivity index (χ1n) is 6.14. The minimum atomic E-state index is -4.91. The first-order valence-corrected chi connectivity index (χ1v) is 6.14. The number of nitrogens with one attached hydrogen (secondary N) is 1. The number of benzene rings is 1. The maximum Gasteiger partial charge on any atom is 0.435 e. The van der Waals surface area contributed by atoms with Crippen molar-refractivity contribution in [3.63, 3.8) is 0 Å². The molecular weight excluding hydrogens is 296 g/mol. The van der Waals surface area contributed by atoms with Gasteiger partial charge in [-0.3, -0.25) is 15.4 Å². The number of nitro groups is 1. The van der Waals surface area contributed by atoms with Crippen LogP contribution in [0.25, 0.3) is 0 Å². The Balaban J connectivity index is 2.51. The molecule has 0 saturated carbocycles. The lowest BCUT2D eigenvalue weighted by atomic mass is 10.0. The molecular formula is C12H12F4N2O3. The monoisotopic (exact) mass is 308 g/mol. The molecule has 0 spiro atoms. The van der Waals surface area contributed by atoms with Crippen molar-refractivity contribution in [3.05, 3.63) is 39.7 Å². The summed E-state index contributed by atoms with van der Waals surface area (Å²) >= 11 is 0. The molecule has 1 N–H and O–H groups in total. The van der Waals surface area contributed by atoms with Gasteiger partial charge in [0.1, 0.15) is 5.82 Å². The predicted octanol–water partition coefficient (Wildman–Crippen LogP) is 2.85. The van der Waals surface area contributed by atoms with Gasteiger partial charge in [-0.05, 0) is 12.5 Å². The molecule has 21 heavy (non-hydrogen) atoms. The van der Waals surface area contributed by atoms with Crippen LogP contribution in [0.3, 0.4) is 0 Å². The standard InChI is InChI=1S/C12H12F4N2O3/c1-2-7-6-21-11(17-7,12(14,15)16)9-4-3-8(18(19)20)5-10(9)13/h3-5,7,17H,2,6H2,1H3/t7-,11?/m1/s1. The van der Waals surface area contributed by atoms with Crippen LogP contribution < -0.4 is 5.32 Å². The van der Waals surface area contributed by atoms with Crippen LogP contribution in [0.15, 0.2) is 18.2 Å². The number of rotatable bonds is 3. The Hall–Kier alpha value is -1.74. The van der Waals surface area contributed by atoms with Gasteiger partial charge in [0.05, 0.1) is 17.6 Å². The van der Waals surface area contributed by atoms with Gasteiger partial charge in [0.25, 0.3) is 5.69 Å². The minimum absolute atomic E-state index is 0.230. The van der Waals surface area contributed by atoms with Crippen LogP contribution in [0.2, 0.25) is 0 Å². The van der Waals surface area contributed by atoms with Crippen LogP contribution >= 0.6 is 0 Å². The molecule has 1 saturated heterocycles. The molecule has 0 radical (unpaired) electrons. The van der Waals surface area contributed by atoms with Crippen molar-refractivity contribution in [3.8, 4) is 0 Å². The first-order chi connectivity index (χ1) is 9.71. The van der Waals surface area contributed by atoms with Gasteiger partial charge in [0.15, 0.2) is 0 Å². The van der Waals surface area contributed by atoms with Crippen LogP contribution in [0.4, 0.5) is 23.2 Å². The second-order valence-corrected chi connectivity index (χ2v) is 4.66. The van der Waals surface area contributed by atoms with Crippen molar-refractivity contribution in [2.24, 2.45) is 0 Å². The molecule has 1 aromatic carbocycles. The van der Waals surface area contributed by atoms with Crippen molar-refractivity contribution in [1.82, 2.24) is 5.32 Å². The zero-order valence-corrected chi connectivity index (χ0v) is 10.9. The maximum absolute atomic E-state index is 13.9. The van der Waals surface area contributed by atoms with E-state index in [9.17, 15) is 27.7 Å². The number of ether oxygens (including phenoxy) is 1. The summed E-state index contributed by atoms with van der Waals surface area (Å²) in [6.07, 6.45) is -4.54. The fourth-order valence-corrected chi connectivity index (χ4v) is 2.19. The highest BCUT2D eigenvalue weighted by Crippen LogP contribution is 2.44. The summed E-state index contributed by atoms with van der Waals surface area (Å²) in [6.45, 7) is 1.44. The van der Waals surface area contributed by atoms with Crippen molar-refractivity contribution >= 4 is 5.69 Å². The lowest BCUT2D eigenvalue weighted by Gasteiger charge is -2.32. The lowest BCUT2D eigenvalue weighted by Crippen LogP contribution is -2.53. The lowest BCUT2D eigenvalue weighted by molar-refractivity contribution is -0.385. The fourth-order valence-electron chi connectivity index (χ4n) is 2.19. The Morgan fingerprint density at radius 1 is 1.52 bits per heavy atom. The summed E-state index contributed by atoms with van der Waals surface area (Å²) in [5.74, 6) is -1.34. The molecule has 1 aliphatic heterocycles. The SMILES string of the molecule is CC[C@@H]1COC(c2ccc([N+](=O)[O-])cc2F)(C(F)(F)F)N1. The Morgan fingerprint density at radius 3 is 2.62 bits per heavy atom. The molecule has 2 rings (SSSR count). The third kappa shape index (κ3) is 2.58. The third-order valence-electron chi connectivity index (χ3n) is 3.34. The van der Waals surface area contributed by atoms with E-state index in [1.54, 1.807) is 6.92 Å². The van der Waals surface area contributed by atoms with Crippen LogP contribution in [0, 0.1) is 15.9 Å². The number of hydrogen-bond acceptors (Lipinski definition) is 4. The Labute approximate surface area is 117 Å². The van der Waals surface area contributed by atoms with Crippen molar-refractivity contribution < 1.29 is 27.2 Å². The summed E-state index contributed by atoms with van der Waals surface area (Å²) in [5, 5.41) is 12.8. The molecule has 0 bridgehead atoms. The second kappa shape index (κ2) is 5.23. The minimum Gasteiger partial charge on any atom is -0.346 e. The largest absolute Gasteiger partial charge is 0.435 e. The third-order valence-corrected chi connectivity index (χ3v) is 3.34. The Morgan fingerprint density at radius 2 is 2.19 bits per heavy atom. The van der Waals surface area contributed by atoms with Gasteiger partial charge in [-0.25, -0.2) is 4.39 Å². The molecule has 1 fully saturated rings. The van der Waals surface area contributed by atoms with Crippen LogP contribution in [-0.4, -0.2) is 23.7 Å². The van der Waals surface area contributed by atoms with Crippen molar-refractivity contribution in [2.75, 3.05) is 6.61 Å². The van der Waals surface area contributed by atoms with E-state index in [0.29, 0.717) is 12.5 Å². The molecule has 0 aromatic heterocycles. The number of nitrogens with zero attached hydrogens (tertiary/aromatic N) is 1. The zero-order valence-electron chi connectivity index (χ0n) is 10.9. The number of hydrogen-bond donors (Lipinski definition) is 1. The summed E-state index contributed by atoms with van der Waals surface area (Å²) in [5.41, 5.74) is -4.41. The summed E-state index contributed by atoms with van der Waals surface area (Å²) in [4.78, 5) is 9.65. The molecule has 5 nitrogen and oxygen atoms in total. The highest BCUT2D eigenvalue weighted by Gasteiger charge is 2.62. The number of alkyl halides is 3. The fraction of sp³-hybridized carbons (Fsp3) is 0.500. The second-order valence-electron chi connectivity index (χ2n) is 4.66. The Bertz CT molecular complexity index is 564. The molecule has 116 valence electrons. The average Bonchev–Trinajstić information content (AvgIpc) is 2.83. The smallest absolute Gasteiger partial charge is 0.346 e. The van der Waals surface area contributed by atoms with E-state index in [-0.39, 0.29) is 6.61 Å². The highest BCUT2D eigenvalue weighted by atomic mass is 19.4. The number of nitro benzene ring substituents is 1. The van der Waals surface area contributed by atoms with Crippen LogP contribution in [-0.2, 0) is 10.5 Å². The Kier molecular flexibility index (Phi) is 3.89. The van der Waals surface area contributed by atoms with Crippen LogP contribution in [0.5, 0.6) is 0 Å². The van der Waals surface area contributed by atoms with E-state index in [0.717, 1.165) is 12.1 Å². The highest BCUT2D eigenvalue weighted by molar-refractivity contribution is 5.38. The van der Waals surface area contributed by atoms with E-state index in [2.05, 4.69) is 5.32 Å². The van der Waals surface area contributed by atoms with Gasteiger partial charge in [-0.15, -0.1) is 0 Å². The summed E-state index contributed by atoms with van der Waals surface area (Å²) in [6, 6.07) is 1.41. The van der Waals surface area contributed by atoms with Gasteiger partial charge < -0.3 is 4.74 Å². The average molecular weight is 308 g/mol. The predicted molar refractivity (Wildman–Crippen MR) is 64.0 cm³/mol. The maximum atomic E-state index is 13.9. The van der Waals surface area contributed by atoms with Gasteiger partial charge in [-0.1, -0.05) is 6.92 Å². The van der Waals surface area contributed by atoms with E-state index >= 15 is 0 Å². The molecule has 1 heterocycles. The van der Waals surface area contributed by atoms with E-state index in [4.69, 9.17) is 4.74 Å². The van der Waals surface area contributed by atoms with Gasteiger partial charge in [-0.2, -0.15) is 13.2 Å². The summed E-state index contributed by atoms with van der Waals surface area (Å²) < 4.78 is 58.9. The van der Waals surface area contributed by atoms with Gasteiger partial charge in [0.2, 0.25) is 5.72 Å². The van der Waals surface area contributed by atoms with Gasteiger partial charge in [0, 0.05) is 17.7 Å². The molecule has 0 amide bonds. The van der Waals surface area contributed by atoms with Gasteiger partial charge >= 0.3 is 6.18 Å². The topological polar surface area (TPSA) is 64.4 Å². The zero-order chi connectivity index (χ0) is 15.8. The molecule has 2 atom stereocenters. The molecule has 0 aliphatic carbocycles. The first kappa shape index (κ1) is 15.6. The molecule has 1 aromatic rings. The van der Waals surface area contributed by atoms with Crippen LogP contribution in [0.1, 0.15) is 18.9 Å². The van der Waals surface area contributed by atoms with Crippen molar-refractivity contribution in [1.29, 1.82) is 0 Å². The van der Waals surface area contributed by atoms with E-state index in [1.165, 1.54) is 0 Å². The quantitative estimate of drug-likeness (QED) is 0.530. The summed E-state index contributed by atoms with van der Waals surface area (Å²) in [7, 11) is 0. The molecule has 1 unspecified atom stereocenters. The number of non-ortho nitro benzene ring substituents is 1. The number of halogens is 4. The molecule has 9 heteroatoms. The van der Waals surface area contributed by atoms with E-state index in [1.807, 2.05) is 0 Å².